The van der Waals surface area contributed by atoms with Crippen LogP contribution in [0.5, 0.6) is 5.75 Å². The molecule has 1 aromatic heterocycles. The second-order valence-electron chi connectivity index (χ2n) is 6.59. The zero-order chi connectivity index (χ0) is 18.9. The van der Waals surface area contributed by atoms with Crippen molar-refractivity contribution in [2.45, 2.75) is 25.2 Å². The van der Waals surface area contributed by atoms with Crippen LogP contribution in [0.3, 0.4) is 0 Å². The van der Waals surface area contributed by atoms with E-state index in [-0.39, 0.29) is 17.6 Å². The third kappa shape index (κ3) is 5.68. The van der Waals surface area contributed by atoms with Crippen molar-refractivity contribution < 1.29 is 9.90 Å². The average Bonchev–Trinajstić information content (AvgIpc) is 2.72. The van der Waals surface area contributed by atoms with Crippen molar-refractivity contribution >= 4 is 5.91 Å². The van der Waals surface area contributed by atoms with E-state index in [1.807, 2.05) is 60.8 Å². The predicted molar refractivity (Wildman–Crippen MR) is 107 cm³/mol. The molecule has 1 unspecified atom stereocenters. The molecule has 1 heterocycles. The third-order valence-electron chi connectivity index (χ3n) is 4.56. The van der Waals surface area contributed by atoms with Crippen molar-refractivity contribution in [1.29, 1.82) is 0 Å². The molecular weight excluding hydrogens is 336 g/mol. The number of amides is 1. The number of nitrogens with zero attached hydrogens (tertiary/aromatic N) is 1. The Morgan fingerprint density at radius 1 is 0.963 bits per heavy atom. The molecule has 0 saturated carbocycles. The van der Waals surface area contributed by atoms with Crippen molar-refractivity contribution in [1.82, 2.24) is 10.3 Å². The van der Waals surface area contributed by atoms with Crippen molar-refractivity contribution in [3.8, 4) is 5.75 Å². The van der Waals surface area contributed by atoms with Gasteiger partial charge < -0.3 is 10.4 Å². The number of hydrogen-bond acceptors (Lipinski definition) is 3. The highest BCUT2D eigenvalue weighted by molar-refractivity contribution is 5.84. The van der Waals surface area contributed by atoms with Gasteiger partial charge in [-0.05, 0) is 54.2 Å². The Labute approximate surface area is 159 Å². The second-order valence-corrected chi connectivity index (χ2v) is 6.59. The summed E-state index contributed by atoms with van der Waals surface area (Å²) in [5, 5.41) is 12.4. The molecule has 0 spiro atoms. The zero-order valence-electron chi connectivity index (χ0n) is 15.2. The van der Waals surface area contributed by atoms with Gasteiger partial charge in [-0.3, -0.25) is 9.78 Å². The quantitative estimate of drug-likeness (QED) is 0.600. The molecule has 0 bridgehead atoms. The molecule has 1 atom stereocenters. The lowest BCUT2D eigenvalue weighted by molar-refractivity contribution is -0.122. The van der Waals surface area contributed by atoms with Gasteiger partial charge in [0.05, 0.1) is 5.92 Å². The molecule has 138 valence electrons. The first kappa shape index (κ1) is 18.6. The van der Waals surface area contributed by atoms with E-state index in [1.54, 1.807) is 18.3 Å². The Balaban J connectivity index is 1.58. The molecule has 0 radical (unpaired) electrons. The van der Waals surface area contributed by atoms with Crippen molar-refractivity contribution in [3.63, 3.8) is 0 Å². The maximum absolute atomic E-state index is 12.8. The van der Waals surface area contributed by atoms with Gasteiger partial charge in [-0.15, -0.1) is 0 Å². The molecule has 3 aromatic rings. The van der Waals surface area contributed by atoms with Crippen LogP contribution in [0.2, 0.25) is 0 Å². The van der Waals surface area contributed by atoms with Crippen LogP contribution in [0.1, 0.15) is 29.0 Å². The maximum Gasteiger partial charge on any atom is 0.227 e. The molecular formula is C23H24N2O2. The van der Waals surface area contributed by atoms with Crippen molar-refractivity contribution in [2.75, 3.05) is 6.54 Å². The summed E-state index contributed by atoms with van der Waals surface area (Å²) >= 11 is 0. The lowest BCUT2D eigenvalue weighted by Gasteiger charge is -2.17. The summed E-state index contributed by atoms with van der Waals surface area (Å²) < 4.78 is 0. The van der Waals surface area contributed by atoms with Crippen LogP contribution in [0.15, 0.2) is 79.1 Å². The Kier molecular flexibility index (Phi) is 6.58. The molecule has 1 amide bonds. The number of rotatable bonds is 8. The minimum Gasteiger partial charge on any atom is -0.508 e. The number of benzene rings is 2. The highest BCUT2D eigenvalue weighted by Gasteiger charge is 2.20. The number of hydrogen-bond donors (Lipinski definition) is 2. The highest BCUT2D eigenvalue weighted by atomic mass is 16.3. The van der Waals surface area contributed by atoms with Gasteiger partial charge in [0.2, 0.25) is 5.91 Å². The summed E-state index contributed by atoms with van der Waals surface area (Å²) in [4.78, 5) is 17.0. The van der Waals surface area contributed by atoms with Crippen LogP contribution in [-0.4, -0.2) is 22.5 Å². The van der Waals surface area contributed by atoms with E-state index in [2.05, 4.69) is 10.3 Å². The summed E-state index contributed by atoms with van der Waals surface area (Å²) in [6.07, 6.45) is 5.89. The smallest absolute Gasteiger partial charge is 0.227 e. The number of carbonyl (C=O) groups is 1. The fraction of sp³-hybridized carbons (Fsp3) is 0.217. The molecule has 0 aliphatic carbocycles. The number of aromatic hydroxyl groups is 1. The second kappa shape index (κ2) is 9.53. The molecule has 4 heteroatoms. The number of phenolic OH excluding ortho intramolecular Hbond substituents is 1. The maximum atomic E-state index is 12.8. The first-order valence-corrected chi connectivity index (χ1v) is 9.22. The molecule has 0 saturated heterocycles. The Morgan fingerprint density at radius 3 is 2.44 bits per heavy atom. The number of pyridine rings is 1. The standard InChI is InChI=1S/C23H24N2O2/c26-21-12-10-18(11-13-21)6-5-15-25-23(27)22(20-8-2-1-3-9-20)16-19-7-4-14-24-17-19/h1-4,7-14,17,22,26H,5-6,15-16H2,(H,25,27). The van der Waals surface area contributed by atoms with E-state index < -0.39 is 0 Å². The number of carbonyl (C=O) groups excluding carboxylic acids is 1. The molecule has 2 N–H and O–H groups in total. The first-order chi connectivity index (χ1) is 13.2. The van der Waals surface area contributed by atoms with Gasteiger partial charge in [0.25, 0.3) is 0 Å². The number of nitrogens with one attached hydrogen (secondary N) is 1. The van der Waals surface area contributed by atoms with Gasteiger partial charge in [0.1, 0.15) is 5.75 Å². The molecule has 4 nitrogen and oxygen atoms in total. The van der Waals surface area contributed by atoms with Gasteiger partial charge in [0.15, 0.2) is 0 Å². The van der Waals surface area contributed by atoms with Gasteiger partial charge in [-0.2, -0.15) is 0 Å². The fourth-order valence-corrected chi connectivity index (χ4v) is 3.09. The van der Waals surface area contributed by atoms with E-state index in [4.69, 9.17) is 0 Å². The van der Waals surface area contributed by atoms with Crippen LogP contribution in [0, 0.1) is 0 Å². The minimum absolute atomic E-state index is 0.0377. The molecule has 0 aliphatic rings. The fourth-order valence-electron chi connectivity index (χ4n) is 3.09. The lowest BCUT2D eigenvalue weighted by Crippen LogP contribution is -2.31. The molecule has 3 rings (SSSR count). The van der Waals surface area contributed by atoms with E-state index >= 15 is 0 Å². The Bertz CT molecular complexity index is 833. The number of aromatic nitrogens is 1. The summed E-state index contributed by atoms with van der Waals surface area (Å²) in [6, 6.07) is 21.0. The monoisotopic (exact) mass is 360 g/mol. The minimum atomic E-state index is -0.232. The van der Waals surface area contributed by atoms with Crippen LogP contribution < -0.4 is 5.32 Å². The van der Waals surface area contributed by atoms with Crippen LogP contribution in [-0.2, 0) is 17.6 Å². The summed E-state index contributed by atoms with van der Waals surface area (Å²) in [5.41, 5.74) is 3.21. The molecule has 0 fully saturated rings. The van der Waals surface area contributed by atoms with E-state index in [9.17, 15) is 9.90 Å². The SMILES string of the molecule is O=C(NCCCc1ccc(O)cc1)C(Cc1cccnc1)c1ccccc1. The number of aryl methyl sites for hydroxylation is 1. The van der Waals surface area contributed by atoms with Gasteiger partial charge >= 0.3 is 0 Å². The molecule has 27 heavy (non-hydrogen) atoms. The van der Waals surface area contributed by atoms with Crippen LogP contribution >= 0.6 is 0 Å². The normalized spacial score (nSPS) is 11.7. The molecule has 0 aliphatic heterocycles. The summed E-state index contributed by atoms with van der Waals surface area (Å²) in [6.45, 7) is 0.621. The van der Waals surface area contributed by atoms with Gasteiger partial charge in [0, 0.05) is 18.9 Å². The largest absolute Gasteiger partial charge is 0.508 e. The van der Waals surface area contributed by atoms with Crippen LogP contribution in [0.4, 0.5) is 0 Å². The van der Waals surface area contributed by atoms with Gasteiger partial charge in [-0.25, -0.2) is 0 Å². The summed E-state index contributed by atoms with van der Waals surface area (Å²) in [7, 11) is 0. The average molecular weight is 360 g/mol. The Morgan fingerprint density at radius 2 is 1.74 bits per heavy atom. The topological polar surface area (TPSA) is 62.2 Å². The van der Waals surface area contributed by atoms with E-state index in [0.29, 0.717) is 13.0 Å². The van der Waals surface area contributed by atoms with E-state index in [0.717, 1.165) is 29.5 Å². The third-order valence-corrected chi connectivity index (χ3v) is 4.56. The number of phenols is 1. The predicted octanol–water partition coefficient (Wildman–Crippen LogP) is 3.86. The summed E-state index contributed by atoms with van der Waals surface area (Å²) in [5.74, 6) is 0.0768. The van der Waals surface area contributed by atoms with Crippen molar-refractivity contribution in [3.05, 3.63) is 95.8 Å². The zero-order valence-corrected chi connectivity index (χ0v) is 15.2. The van der Waals surface area contributed by atoms with Crippen LogP contribution in [0.25, 0.3) is 0 Å². The van der Waals surface area contributed by atoms with Gasteiger partial charge in [-0.1, -0.05) is 48.5 Å². The Hall–Kier alpha value is -3.14. The highest BCUT2D eigenvalue weighted by Crippen LogP contribution is 2.21. The van der Waals surface area contributed by atoms with Crippen molar-refractivity contribution in [2.24, 2.45) is 0 Å². The molecule has 2 aromatic carbocycles. The lowest BCUT2D eigenvalue weighted by atomic mass is 9.91. The first-order valence-electron chi connectivity index (χ1n) is 9.22. The van der Waals surface area contributed by atoms with E-state index in [1.165, 1.54) is 0 Å².